The van der Waals surface area contributed by atoms with Crippen molar-refractivity contribution in [2.75, 3.05) is 14.2 Å². The van der Waals surface area contributed by atoms with Gasteiger partial charge in [0.2, 0.25) is 5.78 Å². The molecule has 120 valence electrons. The van der Waals surface area contributed by atoms with Crippen LogP contribution in [0, 0.1) is 0 Å². The lowest BCUT2D eigenvalue weighted by atomic mass is 10.1. The number of hydrogen-bond acceptors (Lipinski definition) is 3. The van der Waals surface area contributed by atoms with Gasteiger partial charge in [0.05, 0.1) is 32.0 Å². The normalized spacial score (nSPS) is 10.2. The summed E-state index contributed by atoms with van der Waals surface area (Å²) in [5.74, 6) is 1.20. The summed E-state index contributed by atoms with van der Waals surface area (Å²) < 4.78 is 12.3. The quantitative estimate of drug-likeness (QED) is 0.476. The van der Waals surface area contributed by atoms with Gasteiger partial charge in [-0.05, 0) is 30.3 Å². The summed E-state index contributed by atoms with van der Waals surface area (Å²) >= 11 is 0. The number of hydrogen-bond donors (Lipinski definition) is 1. The van der Waals surface area contributed by atoms with Crippen molar-refractivity contribution in [3.63, 3.8) is 0 Å². The molecule has 0 aliphatic carbocycles. The smallest absolute Gasteiger partial charge is 0.286 e. The SMILES string of the molecule is COc1cc(OC)cc(C(=O)C[n+]2cccc3cc[nH]c32)c1.[Br-]. The molecule has 0 aliphatic heterocycles. The summed E-state index contributed by atoms with van der Waals surface area (Å²) in [5.41, 5.74) is 1.48. The Bertz CT molecular complexity index is 807. The van der Waals surface area contributed by atoms with E-state index in [1.54, 1.807) is 32.4 Å². The minimum absolute atomic E-state index is 0. The van der Waals surface area contributed by atoms with E-state index in [1.807, 2.05) is 35.2 Å². The van der Waals surface area contributed by atoms with Crippen LogP contribution in [0.1, 0.15) is 10.4 Å². The van der Waals surface area contributed by atoms with Crippen LogP contribution in [-0.2, 0) is 6.54 Å². The number of halogens is 1. The number of carbonyl (C=O) groups is 1. The van der Waals surface area contributed by atoms with Gasteiger partial charge in [0.1, 0.15) is 11.5 Å². The number of nitrogens with zero attached hydrogens (tertiary/aromatic N) is 1. The van der Waals surface area contributed by atoms with Crippen molar-refractivity contribution >= 4 is 16.8 Å². The number of aromatic nitrogens is 2. The highest BCUT2D eigenvalue weighted by atomic mass is 79.9. The fourth-order valence-electron chi connectivity index (χ4n) is 2.43. The monoisotopic (exact) mass is 376 g/mol. The number of H-pyrrole nitrogens is 1. The van der Waals surface area contributed by atoms with Crippen LogP contribution in [0.15, 0.2) is 48.8 Å². The number of rotatable bonds is 5. The van der Waals surface area contributed by atoms with E-state index in [9.17, 15) is 4.79 Å². The van der Waals surface area contributed by atoms with Gasteiger partial charge in [-0.15, -0.1) is 0 Å². The van der Waals surface area contributed by atoms with Crippen LogP contribution in [0.25, 0.3) is 11.0 Å². The van der Waals surface area contributed by atoms with E-state index in [0.717, 1.165) is 11.0 Å². The largest absolute Gasteiger partial charge is 1.00 e. The molecule has 6 heteroatoms. The summed E-state index contributed by atoms with van der Waals surface area (Å²) in [6.45, 7) is 0.244. The number of fused-ring (bicyclic) bond motifs is 1. The van der Waals surface area contributed by atoms with E-state index in [2.05, 4.69) is 4.98 Å². The Hall–Kier alpha value is -2.34. The Balaban J connectivity index is 0.00000192. The Morgan fingerprint density at radius 2 is 1.83 bits per heavy atom. The Morgan fingerprint density at radius 3 is 2.48 bits per heavy atom. The van der Waals surface area contributed by atoms with Crippen LogP contribution in [0.5, 0.6) is 11.5 Å². The first-order valence-corrected chi connectivity index (χ1v) is 6.93. The van der Waals surface area contributed by atoms with Crippen LogP contribution in [0.3, 0.4) is 0 Å². The van der Waals surface area contributed by atoms with E-state index in [4.69, 9.17) is 9.47 Å². The maximum atomic E-state index is 12.6. The molecular formula is C17H17BrN2O3. The predicted molar refractivity (Wildman–Crippen MR) is 82.4 cm³/mol. The fraction of sp³-hybridized carbons (Fsp3) is 0.176. The lowest BCUT2D eigenvalue weighted by molar-refractivity contribution is -0.658. The number of aromatic amines is 1. The molecule has 0 spiro atoms. The van der Waals surface area contributed by atoms with Gasteiger partial charge in [-0.25, -0.2) is 9.55 Å². The topological polar surface area (TPSA) is 55.2 Å². The van der Waals surface area contributed by atoms with Gasteiger partial charge >= 0.3 is 0 Å². The number of pyridine rings is 1. The molecule has 5 nitrogen and oxygen atoms in total. The van der Waals surface area contributed by atoms with Crippen molar-refractivity contribution in [3.8, 4) is 11.5 Å². The van der Waals surface area contributed by atoms with Crippen molar-refractivity contribution < 1.29 is 35.8 Å². The molecule has 0 aliphatic rings. The summed E-state index contributed by atoms with van der Waals surface area (Å²) in [6.07, 6.45) is 3.74. The second kappa shape index (κ2) is 7.28. The average Bonchev–Trinajstić information content (AvgIpc) is 3.04. The Morgan fingerprint density at radius 1 is 1.13 bits per heavy atom. The minimum Gasteiger partial charge on any atom is -1.00 e. The molecule has 0 bridgehead atoms. The van der Waals surface area contributed by atoms with E-state index < -0.39 is 0 Å². The van der Waals surface area contributed by atoms with Crippen molar-refractivity contribution in [2.24, 2.45) is 0 Å². The van der Waals surface area contributed by atoms with Gasteiger partial charge in [-0.1, -0.05) is 0 Å². The van der Waals surface area contributed by atoms with Gasteiger partial charge in [-0.2, -0.15) is 0 Å². The first kappa shape index (κ1) is 17.0. The molecule has 2 aromatic heterocycles. The minimum atomic E-state index is -0.00991. The molecule has 3 rings (SSSR count). The zero-order valence-corrected chi connectivity index (χ0v) is 14.5. The lowest BCUT2D eigenvalue weighted by Gasteiger charge is -2.07. The zero-order valence-electron chi connectivity index (χ0n) is 12.9. The number of benzene rings is 1. The third-order valence-corrected chi connectivity index (χ3v) is 3.57. The van der Waals surface area contributed by atoms with Crippen LogP contribution < -0.4 is 31.0 Å². The fourth-order valence-corrected chi connectivity index (χ4v) is 2.43. The number of ether oxygens (including phenoxy) is 2. The molecule has 2 heterocycles. The molecule has 23 heavy (non-hydrogen) atoms. The zero-order chi connectivity index (χ0) is 15.5. The molecule has 0 saturated heterocycles. The van der Waals surface area contributed by atoms with Crippen LogP contribution in [-0.4, -0.2) is 25.0 Å². The van der Waals surface area contributed by atoms with Crippen LogP contribution in [0.2, 0.25) is 0 Å². The third-order valence-electron chi connectivity index (χ3n) is 3.57. The van der Waals surface area contributed by atoms with E-state index >= 15 is 0 Å². The maximum absolute atomic E-state index is 12.6. The molecule has 0 atom stereocenters. The highest BCUT2D eigenvalue weighted by Gasteiger charge is 2.15. The summed E-state index contributed by atoms with van der Waals surface area (Å²) in [4.78, 5) is 15.7. The number of nitrogens with one attached hydrogen (secondary N) is 1. The van der Waals surface area contributed by atoms with Gasteiger partial charge in [-0.3, -0.25) is 4.79 Å². The van der Waals surface area contributed by atoms with Gasteiger partial charge in [0, 0.05) is 11.6 Å². The van der Waals surface area contributed by atoms with E-state index in [-0.39, 0.29) is 29.3 Å². The first-order valence-electron chi connectivity index (χ1n) is 6.93. The number of ketones is 1. The van der Waals surface area contributed by atoms with Crippen LogP contribution in [0.4, 0.5) is 0 Å². The van der Waals surface area contributed by atoms with Crippen molar-refractivity contribution in [3.05, 3.63) is 54.4 Å². The number of carbonyl (C=O) groups excluding carboxylic acids is 1. The van der Waals surface area contributed by atoms with Crippen LogP contribution >= 0.6 is 0 Å². The molecule has 0 amide bonds. The van der Waals surface area contributed by atoms with Gasteiger partial charge in [0.25, 0.3) is 5.65 Å². The van der Waals surface area contributed by atoms with Crippen molar-refractivity contribution in [1.29, 1.82) is 0 Å². The van der Waals surface area contributed by atoms with Gasteiger partial charge < -0.3 is 26.5 Å². The van der Waals surface area contributed by atoms with E-state index in [1.165, 1.54) is 0 Å². The highest BCUT2D eigenvalue weighted by Crippen LogP contribution is 2.22. The lowest BCUT2D eigenvalue weighted by Crippen LogP contribution is -3.00. The summed E-state index contributed by atoms with van der Waals surface area (Å²) in [7, 11) is 3.13. The third kappa shape index (κ3) is 3.53. The average molecular weight is 377 g/mol. The van der Waals surface area contributed by atoms with Gasteiger partial charge in [0.15, 0.2) is 6.54 Å². The molecule has 0 fully saturated rings. The summed E-state index contributed by atoms with van der Waals surface area (Å²) in [6, 6.07) is 11.1. The standard InChI is InChI=1S/C17H16N2O3.BrH/c1-21-14-8-13(9-15(10-14)22-2)16(20)11-19-7-3-4-12-5-6-18-17(12)19;/h3-10H,11H2,1-2H3;1H. The Labute approximate surface area is 144 Å². The molecule has 1 aromatic carbocycles. The van der Waals surface area contributed by atoms with Crippen molar-refractivity contribution in [1.82, 2.24) is 4.98 Å². The maximum Gasteiger partial charge on any atom is 0.286 e. The molecular weight excluding hydrogens is 360 g/mol. The first-order chi connectivity index (χ1) is 10.7. The van der Waals surface area contributed by atoms with E-state index in [0.29, 0.717) is 17.1 Å². The van der Waals surface area contributed by atoms with Crippen molar-refractivity contribution in [2.45, 2.75) is 6.54 Å². The highest BCUT2D eigenvalue weighted by molar-refractivity contribution is 5.96. The number of methoxy groups -OCH3 is 2. The molecule has 0 unspecified atom stereocenters. The molecule has 0 saturated carbocycles. The molecule has 3 aromatic rings. The Kier molecular flexibility index (Phi) is 5.39. The predicted octanol–water partition coefficient (Wildman–Crippen LogP) is -0.640. The second-order valence-electron chi connectivity index (χ2n) is 4.94. The molecule has 1 N–H and O–H groups in total. The molecule has 0 radical (unpaired) electrons. The number of Topliss-reactive ketones (excluding diaryl/α,β-unsaturated/α-hetero) is 1. The summed E-state index contributed by atoms with van der Waals surface area (Å²) in [5, 5.41) is 1.07. The second-order valence-corrected chi connectivity index (χ2v) is 4.94.